The van der Waals surface area contributed by atoms with Crippen molar-refractivity contribution in [3.8, 4) is 0 Å². The van der Waals surface area contributed by atoms with Crippen molar-refractivity contribution in [1.82, 2.24) is 0 Å². The molecule has 5 aliphatic rings. The molecule has 1 N–H and O–H groups in total. The second-order valence-electron chi connectivity index (χ2n) is 7.41. The van der Waals surface area contributed by atoms with Crippen LogP contribution in [0.2, 0.25) is 0 Å². The largest absolute Gasteiger partial charge is 0.430 e. The van der Waals surface area contributed by atoms with Crippen molar-refractivity contribution >= 4 is 5.97 Å². The van der Waals surface area contributed by atoms with Crippen LogP contribution in [-0.4, -0.2) is 34.4 Å². The molecule has 6 nitrogen and oxygen atoms in total. The van der Waals surface area contributed by atoms with E-state index >= 15 is 0 Å². The van der Waals surface area contributed by atoms with Crippen molar-refractivity contribution in [1.29, 1.82) is 0 Å². The van der Waals surface area contributed by atoms with Gasteiger partial charge in [0.2, 0.25) is 12.1 Å². The van der Waals surface area contributed by atoms with Gasteiger partial charge in [0.05, 0.1) is 0 Å². The van der Waals surface area contributed by atoms with Crippen molar-refractivity contribution < 1.29 is 29.1 Å². The Hall–Kier alpha value is -0.690. The van der Waals surface area contributed by atoms with E-state index in [9.17, 15) is 9.90 Å². The Morgan fingerprint density at radius 1 is 1.19 bits per heavy atom. The zero-order valence-electron chi connectivity index (χ0n) is 12.6. The first-order valence-electron chi connectivity index (χ1n) is 7.78. The number of fused-ring (bicyclic) bond motifs is 2. The number of carbonyl (C=O) groups excluding carboxylic acids is 1. The van der Waals surface area contributed by atoms with Crippen LogP contribution >= 0.6 is 0 Å². The Balaban J connectivity index is 1.87. The molecule has 21 heavy (non-hydrogen) atoms. The monoisotopic (exact) mass is 298 g/mol. The van der Waals surface area contributed by atoms with E-state index in [4.69, 9.17) is 19.2 Å². The van der Waals surface area contributed by atoms with Gasteiger partial charge in [0.1, 0.15) is 0 Å². The van der Waals surface area contributed by atoms with Crippen LogP contribution in [0.5, 0.6) is 0 Å². The fourth-order valence-electron chi connectivity index (χ4n) is 4.78. The van der Waals surface area contributed by atoms with Gasteiger partial charge >= 0.3 is 5.97 Å². The van der Waals surface area contributed by atoms with Gasteiger partial charge in [-0.2, -0.15) is 0 Å². The summed E-state index contributed by atoms with van der Waals surface area (Å²) in [6, 6.07) is 0. The molecule has 0 aromatic carbocycles. The van der Waals surface area contributed by atoms with E-state index in [1.807, 2.05) is 0 Å². The highest BCUT2D eigenvalue weighted by Crippen LogP contribution is 2.60. The summed E-state index contributed by atoms with van der Waals surface area (Å²) < 4.78 is 11.4. The lowest BCUT2D eigenvalue weighted by atomic mass is 9.57. The average molecular weight is 298 g/mol. The van der Waals surface area contributed by atoms with Crippen LogP contribution in [0.15, 0.2) is 0 Å². The number of rotatable bonds is 0. The minimum absolute atomic E-state index is 0.144. The molecule has 5 fully saturated rings. The number of ether oxygens (including phenoxy) is 2. The van der Waals surface area contributed by atoms with Gasteiger partial charge in [0, 0.05) is 18.3 Å². The van der Waals surface area contributed by atoms with Gasteiger partial charge in [-0.15, -0.1) is 0 Å². The van der Waals surface area contributed by atoms with Crippen LogP contribution < -0.4 is 0 Å². The molecule has 7 atom stereocenters. The predicted octanol–water partition coefficient (Wildman–Crippen LogP) is 1.51. The molecule has 1 aliphatic carbocycles. The standard InChI is InChI=1S/C15H22O6/c1-8-4-5-10-14(3,17)11(16)18-12-15(10)9(8)6-7-13(2,19-12)20-21-15/h8-10,12,17H,4-7H2,1-3H3/t8-,9+,10+,12-,13+,14+,15-/m1/s1. The molecular formula is C15H22O6. The molecule has 4 saturated heterocycles. The second-order valence-corrected chi connectivity index (χ2v) is 7.41. The summed E-state index contributed by atoms with van der Waals surface area (Å²) in [5, 5.41) is 10.7. The zero-order chi connectivity index (χ0) is 15.0. The maximum absolute atomic E-state index is 12.2. The van der Waals surface area contributed by atoms with Gasteiger partial charge in [-0.1, -0.05) is 6.92 Å². The average Bonchev–Trinajstić information content (AvgIpc) is 2.63. The van der Waals surface area contributed by atoms with Crippen molar-refractivity contribution in [2.24, 2.45) is 17.8 Å². The quantitative estimate of drug-likeness (QED) is 0.540. The van der Waals surface area contributed by atoms with Crippen LogP contribution in [0.3, 0.4) is 0 Å². The smallest absolute Gasteiger partial charge is 0.340 e. The lowest BCUT2D eigenvalue weighted by Crippen LogP contribution is -2.74. The van der Waals surface area contributed by atoms with Gasteiger partial charge in [-0.05, 0) is 39.0 Å². The molecule has 118 valence electrons. The van der Waals surface area contributed by atoms with Crippen LogP contribution in [0.25, 0.3) is 0 Å². The Labute approximate surface area is 123 Å². The summed E-state index contributed by atoms with van der Waals surface area (Å²) in [6.07, 6.45) is 2.40. The van der Waals surface area contributed by atoms with E-state index in [2.05, 4.69) is 6.92 Å². The highest BCUT2D eigenvalue weighted by molar-refractivity contribution is 5.80. The van der Waals surface area contributed by atoms with Crippen molar-refractivity contribution in [3.05, 3.63) is 0 Å². The van der Waals surface area contributed by atoms with Gasteiger partial charge in [-0.3, -0.25) is 0 Å². The lowest BCUT2D eigenvalue weighted by Gasteiger charge is -2.59. The fraction of sp³-hybridized carbons (Fsp3) is 0.933. The van der Waals surface area contributed by atoms with E-state index in [1.54, 1.807) is 6.92 Å². The van der Waals surface area contributed by atoms with Gasteiger partial charge < -0.3 is 14.6 Å². The fourth-order valence-corrected chi connectivity index (χ4v) is 4.78. The third-order valence-corrected chi connectivity index (χ3v) is 6.02. The summed E-state index contributed by atoms with van der Waals surface area (Å²) in [7, 11) is 0. The maximum atomic E-state index is 12.2. The molecule has 5 rings (SSSR count). The molecule has 0 amide bonds. The Morgan fingerprint density at radius 2 is 1.95 bits per heavy atom. The maximum Gasteiger partial charge on any atom is 0.340 e. The Kier molecular flexibility index (Phi) is 2.64. The third-order valence-electron chi connectivity index (χ3n) is 6.02. The molecule has 2 bridgehead atoms. The number of hydrogen-bond donors (Lipinski definition) is 1. The Morgan fingerprint density at radius 3 is 2.71 bits per heavy atom. The van der Waals surface area contributed by atoms with Gasteiger partial charge in [0.15, 0.2) is 11.2 Å². The highest BCUT2D eigenvalue weighted by atomic mass is 17.3. The molecule has 4 aliphatic heterocycles. The predicted molar refractivity (Wildman–Crippen MR) is 69.5 cm³/mol. The molecular weight excluding hydrogens is 276 g/mol. The first kappa shape index (κ1) is 13.9. The first-order chi connectivity index (χ1) is 9.80. The zero-order valence-corrected chi connectivity index (χ0v) is 12.6. The number of esters is 1. The summed E-state index contributed by atoms with van der Waals surface area (Å²) in [5.74, 6) is -1.34. The minimum atomic E-state index is -1.57. The molecule has 0 aromatic heterocycles. The second kappa shape index (κ2) is 3.98. The third kappa shape index (κ3) is 1.59. The summed E-state index contributed by atoms with van der Waals surface area (Å²) in [4.78, 5) is 23.6. The van der Waals surface area contributed by atoms with Crippen LogP contribution in [-0.2, 0) is 24.0 Å². The van der Waals surface area contributed by atoms with Crippen molar-refractivity contribution in [2.75, 3.05) is 0 Å². The number of hydrogen-bond acceptors (Lipinski definition) is 6. The molecule has 0 unspecified atom stereocenters. The molecule has 4 heterocycles. The highest BCUT2D eigenvalue weighted by Gasteiger charge is 2.73. The van der Waals surface area contributed by atoms with E-state index in [1.165, 1.54) is 6.92 Å². The van der Waals surface area contributed by atoms with E-state index in [-0.39, 0.29) is 11.8 Å². The minimum Gasteiger partial charge on any atom is -0.430 e. The molecule has 0 radical (unpaired) electrons. The van der Waals surface area contributed by atoms with E-state index < -0.39 is 29.2 Å². The summed E-state index contributed by atoms with van der Waals surface area (Å²) in [6.45, 7) is 5.50. The summed E-state index contributed by atoms with van der Waals surface area (Å²) in [5.41, 5.74) is -2.47. The molecule has 1 saturated carbocycles. The normalized spacial score (nSPS) is 59.1. The van der Waals surface area contributed by atoms with E-state index in [0.717, 1.165) is 12.8 Å². The van der Waals surface area contributed by atoms with Gasteiger partial charge in [-0.25, -0.2) is 14.6 Å². The van der Waals surface area contributed by atoms with Crippen LogP contribution in [0.1, 0.15) is 46.5 Å². The number of aliphatic hydroxyl groups is 1. The van der Waals surface area contributed by atoms with Crippen LogP contribution in [0.4, 0.5) is 0 Å². The van der Waals surface area contributed by atoms with Crippen molar-refractivity contribution in [3.63, 3.8) is 0 Å². The molecule has 0 aromatic rings. The molecule has 1 spiro atoms. The summed E-state index contributed by atoms with van der Waals surface area (Å²) >= 11 is 0. The Bertz CT molecular complexity index is 491. The van der Waals surface area contributed by atoms with Crippen molar-refractivity contribution in [2.45, 2.75) is 69.7 Å². The molecule has 6 heteroatoms. The first-order valence-corrected chi connectivity index (χ1v) is 7.78. The SMILES string of the molecule is C[C@@H]1CC[C@@H]2[C@]34OO[C@@](C)(CC[C@@H]13)O[C@H]4OC(=O)[C@@]2(C)O. The topological polar surface area (TPSA) is 74.2 Å². The lowest BCUT2D eigenvalue weighted by molar-refractivity contribution is -0.562. The van der Waals surface area contributed by atoms with E-state index in [0.29, 0.717) is 18.8 Å². The van der Waals surface area contributed by atoms with Gasteiger partial charge in [0.25, 0.3) is 0 Å². The number of carbonyl (C=O) groups is 1. The van der Waals surface area contributed by atoms with Crippen LogP contribution in [0, 0.1) is 17.8 Å².